The second-order valence-corrected chi connectivity index (χ2v) is 5.59. The van der Waals surface area contributed by atoms with E-state index >= 15 is 0 Å². The van der Waals surface area contributed by atoms with Crippen molar-refractivity contribution in [3.8, 4) is 5.88 Å². The van der Waals surface area contributed by atoms with Crippen LogP contribution in [-0.4, -0.2) is 16.6 Å². The van der Waals surface area contributed by atoms with E-state index in [9.17, 15) is 4.39 Å². The first-order chi connectivity index (χ1) is 11.8. The minimum absolute atomic E-state index is 0.285. The van der Waals surface area contributed by atoms with E-state index in [1.165, 1.54) is 28.7 Å². The summed E-state index contributed by atoms with van der Waals surface area (Å²) in [5.41, 5.74) is 1.48. The van der Waals surface area contributed by atoms with E-state index in [1.807, 2.05) is 12.1 Å². The molecule has 3 aromatic carbocycles. The zero-order valence-electron chi connectivity index (χ0n) is 12.9. The number of halogens is 1. The maximum atomic E-state index is 13.8. The number of fused-ring (bicyclic) bond motifs is 2. The summed E-state index contributed by atoms with van der Waals surface area (Å²) < 4.78 is 19.5. The lowest BCUT2D eigenvalue weighted by Gasteiger charge is -2.08. The van der Waals surface area contributed by atoms with Crippen molar-refractivity contribution >= 4 is 21.7 Å². The van der Waals surface area contributed by atoms with Gasteiger partial charge in [0, 0.05) is 6.42 Å². The Balaban J connectivity index is 1.52. The lowest BCUT2D eigenvalue weighted by atomic mass is 10.1. The Kier molecular flexibility index (Phi) is 3.79. The number of nitrogens with zero attached hydrogens (tertiary/aromatic N) is 2. The number of ether oxygens (including phenoxy) is 1. The zero-order chi connectivity index (χ0) is 16.4. The van der Waals surface area contributed by atoms with Gasteiger partial charge in [-0.3, -0.25) is 0 Å². The molecule has 24 heavy (non-hydrogen) atoms. The van der Waals surface area contributed by atoms with E-state index in [1.54, 1.807) is 12.1 Å². The number of rotatable bonds is 4. The molecule has 0 N–H and O–H groups in total. The predicted molar refractivity (Wildman–Crippen MR) is 92.6 cm³/mol. The van der Waals surface area contributed by atoms with E-state index in [-0.39, 0.29) is 11.3 Å². The van der Waals surface area contributed by atoms with Gasteiger partial charge in [-0.2, -0.15) is 0 Å². The van der Waals surface area contributed by atoms with Crippen molar-refractivity contribution in [2.75, 3.05) is 6.61 Å². The Morgan fingerprint density at radius 1 is 0.875 bits per heavy atom. The first-order valence-electron chi connectivity index (χ1n) is 7.81. The van der Waals surface area contributed by atoms with Crippen LogP contribution in [0, 0.1) is 5.82 Å². The fourth-order valence-electron chi connectivity index (χ4n) is 2.80. The summed E-state index contributed by atoms with van der Waals surface area (Å²) in [6.45, 7) is 0.473. The smallest absolute Gasteiger partial charge is 0.224 e. The van der Waals surface area contributed by atoms with Crippen molar-refractivity contribution < 1.29 is 9.13 Å². The molecule has 0 saturated heterocycles. The van der Waals surface area contributed by atoms with Gasteiger partial charge in [0.05, 0.1) is 12.0 Å². The molecule has 0 spiro atoms. The highest BCUT2D eigenvalue weighted by molar-refractivity contribution is 5.84. The molecule has 0 aliphatic heterocycles. The van der Waals surface area contributed by atoms with Gasteiger partial charge in [0.25, 0.3) is 0 Å². The Labute approximate surface area is 138 Å². The summed E-state index contributed by atoms with van der Waals surface area (Å²) in [5, 5.41) is 3.03. The van der Waals surface area contributed by atoms with Crippen LogP contribution in [0.2, 0.25) is 0 Å². The highest BCUT2D eigenvalue weighted by Crippen LogP contribution is 2.23. The van der Waals surface area contributed by atoms with Gasteiger partial charge >= 0.3 is 0 Å². The van der Waals surface area contributed by atoms with Crippen LogP contribution in [-0.2, 0) is 6.42 Å². The fourth-order valence-corrected chi connectivity index (χ4v) is 2.80. The molecule has 0 saturated carbocycles. The van der Waals surface area contributed by atoms with Crippen LogP contribution in [0.25, 0.3) is 21.7 Å². The van der Waals surface area contributed by atoms with Crippen LogP contribution in [0.4, 0.5) is 4.39 Å². The van der Waals surface area contributed by atoms with Crippen LogP contribution < -0.4 is 4.74 Å². The van der Waals surface area contributed by atoms with Crippen LogP contribution in [0.1, 0.15) is 5.56 Å². The van der Waals surface area contributed by atoms with Gasteiger partial charge in [-0.25, -0.2) is 14.4 Å². The lowest BCUT2D eigenvalue weighted by molar-refractivity contribution is 0.313. The Morgan fingerprint density at radius 3 is 2.67 bits per heavy atom. The van der Waals surface area contributed by atoms with Crippen LogP contribution in [0.15, 0.2) is 67.0 Å². The Morgan fingerprint density at radius 2 is 1.75 bits per heavy atom. The maximum Gasteiger partial charge on any atom is 0.224 e. The second-order valence-electron chi connectivity index (χ2n) is 5.59. The number of hydrogen-bond donors (Lipinski definition) is 0. The quantitative estimate of drug-likeness (QED) is 0.554. The van der Waals surface area contributed by atoms with Crippen molar-refractivity contribution in [1.29, 1.82) is 0 Å². The molecule has 3 nitrogen and oxygen atoms in total. The largest absolute Gasteiger partial charge is 0.477 e. The molecule has 1 heterocycles. The molecule has 1 aromatic heterocycles. The van der Waals surface area contributed by atoms with Gasteiger partial charge in [0.2, 0.25) is 5.88 Å². The molecular weight excluding hydrogens is 303 g/mol. The topological polar surface area (TPSA) is 35.0 Å². The molecule has 0 unspecified atom stereocenters. The van der Waals surface area contributed by atoms with Crippen molar-refractivity contribution in [3.05, 3.63) is 78.4 Å². The van der Waals surface area contributed by atoms with Crippen LogP contribution in [0.5, 0.6) is 5.88 Å². The molecular formula is C20H15FN2O. The van der Waals surface area contributed by atoms with Gasteiger partial charge in [0.15, 0.2) is 0 Å². The SMILES string of the molecule is Fc1cccc2c(OCCc3ccc4ccccc4c3)ncnc12. The normalized spacial score (nSPS) is 11.0. The summed E-state index contributed by atoms with van der Waals surface area (Å²) >= 11 is 0. The third kappa shape index (κ3) is 2.78. The number of hydrogen-bond acceptors (Lipinski definition) is 3. The molecule has 0 fully saturated rings. The van der Waals surface area contributed by atoms with Gasteiger partial charge in [-0.15, -0.1) is 0 Å². The Bertz CT molecular complexity index is 1020. The summed E-state index contributed by atoms with van der Waals surface area (Å²) in [5.74, 6) is 0.0505. The molecule has 0 atom stereocenters. The summed E-state index contributed by atoms with van der Waals surface area (Å²) in [7, 11) is 0. The van der Waals surface area contributed by atoms with Crippen LogP contribution in [0.3, 0.4) is 0 Å². The molecule has 0 aliphatic rings. The number of aromatic nitrogens is 2. The van der Waals surface area contributed by atoms with Crippen LogP contribution >= 0.6 is 0 Å². The Hall–Kier alpha value is -3.01. The average molecular weight is 318 g/mol. The minimum atomic E-state index is -0.366. The third-order valence-corrected chi connectivity index (χ3v) is 4.02. The molecule has 0 amide bonds. The predicted octanol–water partition coefficient (Wildman–Crippen LogP) is 4.54. The molecule has 0 aliphatic carbocycles. The first kappa shape index (κ1) is 14.6. The highest BCUT2D eigenvalue weighted by atomic mass is 19.1. The van der Waals surface area contributed by atoms with E-state index in [2.05, 4.69) is 40.3 Å². The standard InChI is InChI=1S/C20H15FN2O/c21-18-7-3-6-17-19(18)22-13-23-20(17)24-11-10-14-8-9-15-4-1-2-5-16(15)12-14/h1-9,12-13H,10-11H2. The molecule has 4 aromatic rings. The number of benzene rings is 3. The summed E-state index contributed by atoms with van der Waals surface area (Å²) in [6, 6.07) is 19.4. The lowest BCUT2D eigenvalue weighted by Crippen LogP contribution is -2.04. The van der Waals surface area contributed by atoms with Gasteiger partial charge in [-0.1, -0.05) is 48.5 Å². The molecule has 118 valence electrons. The first-order valence-corrected chi connectivity index (χ1v) is 7.81. The van der Waals surface area contributed by atoms with E-state index in [0.717, 1.165) is 6.42 Å². The van der Waals surface area contributed by atoms with Crippen molar-refractivity contribution in [3.63, 3.8) is 0 Å². The van der Waals surface area contributed by atoms with Gasteiger partial charge in [-0.05, 0) is 28.5 Å². The van der Waals surface area contributed by atoms with Gasteiger partial charge in [0.1, 0.15) is 17.7 Å². The number of para-hydroxylation sites is 1. The van der Waals surface area contributed by atoms with E-state index in [4.69, 9.17) is 4.74 Å². The van der Waals surface area contributed by atoms with Gasteiger partial charge < -0.3 is 4.74 Å². The van der Waals surface area contributed by atoms with E-state index < -0.39 is 0 Å². The second kappa shape index (κ2) is 6.24. The average Bonchev–Trinajstić information content (AvgIpc) is 2.62. The molecule has 0 radical (unpaired) electrons. The molecule has 0 bridgehead atoms. The maximum absolute atomic E-state index is 13.8. The monoisotopic (exact) mass is 318 g/mol. The third-order valence-electron chi connectivity index (χ3n) is 4.02. The van der Waals surface area contributed by atoms with Crippen molar-refractivity contribution in [1.82, 2.24) is 9.97 Å². The summed E-state index contributed by atoms with van der Waals surface area (Å²) in [4.78, 5) is 8.10. The molecule has 4 heteroatoms. The highest BCUT2D eigenvalue weighted by Gasteiger charge is 2.08. The van der Waals surface area contributed by atoms with E-state index in [0.29, 0.717) is 17.9 Å². The van der Waals surface area contributed by atoms with Crippen molar-refractivity contribution in [2.45, 2.75) is 6.42 Å². The van der Waals surface area contributed by atoms with Crippen molar-refractivity contribution in [2.24, 2.45) is 0 Å². The zero-order valence-corrected chi connectivity index (χ0v) is 12.9. The summed E-state index contributed by atoms with van der Waals surface area (Å²) in [6.07, 6.45) is 2.09. The fraction of sp³-hybridized carbons (Fsp3) is 0.100. The molecule has 4 rings (SSSR count). The minimum Gasteiger partial charge on any atom is -0.477 e.